The molecule has 0 aliphatic carbocycles. The zero-order chi connectivity index (χ0) is 16.7. The molecule has 0 saturated heterocycles. The summed E-state index contributed by atoms with van der Waals surface area (Å²) in [6, 6.07) is 9.41. The molecule has 3 aromatic rings. The molecule has 1 aliphatic rings. The first kappa shape index (κ1) is 15.4. The van der Waals surface area contributed by atoms with E-state index in [9.17, 15) is 0 Å². The second-order valence-electron chi connectivity index (χ2n) is 7.17. The van der Waals surface area contributed by atoms with Gasteiger partial charge in [0.05, 0.1) is 0 Å². The Bertz CT molecular complexity index is 874. The molecule has 124 valence electrons. The van der Waals surface area contributed by atoms with Crippen LogP contribution >= 0.6 is 0 Å². The molecule has 0 saturated carbocycles. The van der Waals surface area contributed by atoms with Crippen molar-refractivity contribution >= 4 is 10.9 Å². The summed E-state index contributed by atoms with van der Waals surface area (Å²) in [5, 5.41) is 5.06. The number of aromatic amines is 1. The molecular formula is C21H25N3. The van der Waals surface area contributed by atoms with Gasteiger partial charge in [0.1, 0.15) is 0 Å². The summed E-state index contributed by atoms with van der Waals surface area (Å²) < 4.78 is 0. The Kier molecular flexibility index (Phi) is 3.89. The van der Waals surface area contributed by atoms with E-state index in [2.05, 4.69) is 53.4 Å². The molecular weight excluding hydrogens is 294 g/mol. The van der Waals surface area contributed by atoms with Crippen LogP contribution in [0.15, 0.2) is 30.5 Å². The minimum atomic E-state index is 0.549. The van der Waals surface area contributed by atoms with Gasteiger partial charge in [0.25, 0.3) is 0 Å². The Morgan fingerprint density at radius 1 is 1.12 bits per heavy atom. The highest BCUT2D eigenvalue weighted by Gasteiger charge is 2.21. The maximum absolute atomic E-state index is 4.42. The first-order valence-electron chi connectivity index (χ1n) is 8.88. The molecule has 0 fully saturated rings. The van der Waals surface area contributed by atoms with Gasteiger partial charge < -0.3 is 10.3 Å². The van der Waals surface area contributed by atoms with Crippen molar-refractivity contribution in [2.75, 3.05) is 0 Å². The number of H-pyrrole nitrogens is 1. The standard InChI is InChI=1S/C21H25N3/c1-13-4-8-17(9-7-16-6-5-14(2)22-11-16)20-18-12-23-15(3)10-19(18)24-21(13)20/h4-6,8,11,15,23-24H,7,9-10,12H2,1-3H3. The molecule has 0 amide bonds. The van der Waals surface area contributed by atoms with Crippen LogP contribution in [-0.4, -0.2) is 16.0 Å². The highest BCUT2D eigenvalue weighted by molar-refractivity contribution is 5.90. The van der Waals surface area contributed by atoms with Gasteiger partial charge >= 0.3 is 0 Å². The first-order valence-corrected chi connectivity index (χ1v) is 8.88. The predicted octanol–water partition coefficient (Wildman–Crippen LogP) is 4.00. The zero-order valence-corrected chi connectivity index (χ0v) is 14.7. The van der Waals surface area contributed by atoms with E-state index in [1.165, 1.54) is 38.9 Å². The molecule has 4 rings (SSSR count). The highest BCUT2D eigenvalue weighted by atomic mass is 14.9. The van der Waals surface area contributed by atoms with Crippen LogP contribution in [0.1, 0.15) is 40.6 Å². The zero-order valence-electron chi connectivity index (χ0n) is 14.7. The third kappa shape index (κ3) is 2.73. The normalized spacial score (nSPS) is 17.2. The summed E-state index contributed by atoms with van der Waals surface area (Å²) in [7, 11) is 0. The maximum Gasteiger partial charge on any atom is 0.0491 e. The number of hydrogen-bond acceptors (Lipinski definition) is 2. The monoisotopic (exact) mass is 319 g/mol. The molecule has 0 bridgehead atoms. The van der Waals surface area contributed by atoms with Crippen molar-refractivity contribution in [3.8, 4) is 0 Å². The van der Waals surface area contributed by atoms with E-state index >= 15 is 0 Å². The summed E-state index contributed by atoms with van der Waals surface area (Å²) in [5.41, 5.74) is 9.41. The fourth-order valence-corrected chi connectivity index (χ4v) is 3.79. The van der Waals surface area contributed by atoms with Crippen LogP contribution < -0.4 is 5.32 Å². The average molecular weight is 319 g/mol. The van der Waals surface area contributed by atoms with Crippen molar-refractivity contribution in [3.05, 3.63) is 64.1 Å². The number of fused-ring (bicyclic) bond motifs is 3. The Balaban J connectivity index is 1.70. The number of hydrogen-bond donors (Lipinski definition) is 2. The number of aromatic nitrogens is 2. The SMILES string of the molecule is Cc1ccc(CCc2ccc(C)c3[nH]c4c(c23)CNC(C)C4)cn1. The van der Waals surface area contributed by atoms with E-state index in [0.29, 0.717) is 6.04 Å². The van der Waals surface area contributed by atoms with Crippen molar-refractivity contribution in [3.63, 3.8) is 0 Å². The lowest BCUT2D eigenvalue weighted by molar-refractivity contribution is 0.511. The average Bonchev–Trinajstić information content (AvgIpc) is 2.95. The molecule has 1 aromatic carbocycles. The van der Waals surface area contributed by atoms with Crippen molar-refractivity contribution in [1.82, 2.24) is 15.3 Å². The van der Waals surface area contributed by atoms with Crippen LogP contribution in [0.3, 0.4) is 0 Å². The van der Waals surface area contributed by atoms with E-state index in [1.54, 1.807) is 0 Å². The van der Waals surface area contributed by atoms with Gasteiger partial charge in [-0.25, -0.2) is 0 Å². The van der Waals surface area contributed by atoms with Gasteiger partial charge in [0.2, 0.25) is 0 Å². The van der Waals surface area contributed by atoms with Crippen LogP contribution in [-0.2, 0) is 25.8 Å². The minimum absolute atomic E-state index is 0.549. The van der Waals surface area contributed by atoms with Gasteiger partial charge in [0, 0.05) is 47.5 Å². The molecule has 0 radical (unpaired) electrons. The van der Waals surface area contributed by atoms with E-state index < -0.39 is 0 Å². The summed E-state index contributed by atoms with van der Waals surface area (Å²) >= 11 is 0. The third-order valence-electron chi connectivity index (χ3n) is 5.24. The van der Waals surface area contributed by atoms with Gasteiger partial charge in [-0.3, -0.25) is 4.98 Å². The van der Waals surface area contributed by atoms with Gasteiger partial charge in [-0.1, -0.05) is 18.2 Å². The number of nitrogens with one attached hydrogen (secondary N) is 2. The van der Waals surface area contributed by atoms with Gasteiger partial charge in [-0.05, 0) is 61.9 Å². The largest absolute Gasteiger partial charge is 0.358 e. The molecule has 1 aliphatic heterocycles. The summed E-state index contributed by atoms with van der Waals surface area (Å²) in [4.78, 5) is 8.13. The Hall–Kier alpha value is -2.13. The molecule has 3 nitrogen and oxygen atoms in total. The molecule has 2 N–H and O–H groups in total. The highest BCUT2D eigenvalue weighted by Crippen LogP contribution is 2.31. The first-order chi connectivity index (χ1) is 11.6. The lowest BCUT2D eigenvalue weighted by Gasteiger charge is -2.20. The lowest BCUT2D eigenvalue weighted by Crippen LogP contribution is -2.32. The van der Waals surface area contributed by atoms with E-state index in [0.717, 1.165) is 31.5 Å². The smallest absolute Gasteiger partial charge is 0.0491 e. The lowest BCUT2D eigenvalue weighted by atomic mass is 9.95. The van der Waals surface area contributed by atoms with Gasteiger partial charge in [-0.2, -0.15) is 0 Å². The summed E-state index contributed by atoms with van der Waals surface area (Å²) in [6.07, 6.45) is 5.19. The maximum atomic E-state index is 4.42. The minimum Gasteiger partial charge on any atom is -0.358 e. The molecule has 3 heteroatoms. The number of aryl methyl sites for hydroxylation is 4. The van der Waals surface area contributed by atoms with Crippen molar-refractivity contribution in [2.24, 2.45) is 0 Å². The van der Waals surface area contributed by atoms with Gasteiger partial charge in [-0.15, -0.1) is 0 Å². The Labute approximate surface area is 143 Å². The fraction of sp³-hybridized carbons (Fsp3) is 0.381. The molecule has 1 unspecified atom stereocenters. The number of pyridine rings is 1. The number of rotatable bonds is 3. The molecule has 1 atom stereocenters. The van der Waals surface area contributed by atoms with E-state index in [-0.39, 0.29) is 0 Å². The Morgan fingerprint density at radius 2 is 2.00 bits per heavy atom. The number of benzene rings is 1. The predicted molar refractivity (Wildman–Crippen MR) is 99.4 cm³/mol. The van der Waals surface area contributed by atoms with E-state index in [1.807, 2.05) is 13.1 Å². The molecule has 3 heterocycles. The Morgan fingerprint density at radius 3 is 2.79 bits per heavy atom. The molecule has 2 aromatic heterocycles. The van der Waals surface area contributed by atoms with Crippen LogP contribution in [0.4, 0.5) is 0 Å². The van der Waals surface area contributed by atoms with Crippen molar-refractivity contribution < 1.29 is 0 Å². The van der Waals surface area contributed by atoms with Crippen LogP contribution in [0, 0.1) is 13.8 Å². The number of nitrogens with zero attached hydrogens (tertiary/aromatic N) is 1. The summed E-state index contributed by atoms with van der Waals surface area (Å²) in [6.45, 7) is 7.47. The quantitative estimate of drug-likeness (QED) is 0.766. The summed E-state index contributed by atoms with van der Waals surface area (Å²) in [5.74, 6) is 0. The molecule has 24 heavy (non-hydrogen) atoms. The second kappa shape index (κ2) is 6.06. The van der Waals surface area contributed by atoms with Gasteiger partial charge in [0.15, 0.2) is 0 Å². The van der Waals surface area contributed by atoms with Crippen LogP contribution in [0.5, 0.6) is 0 Å². The van der Waals surface area contributed by atoms with Crippen molar-refractivity contribution in [1.29, 1.82) is 0 Å². The third-order valence-corrected chi connectivity index (χ3v) is 5.24. The molecule has 0 spiro atoms. The van der Waals surface area contributed by atoms with Crippen molar-refractivity contribution in [2.45, 2.75) is 52.6 Å². The second-order valence-corrected chi connectivity index (χ2v) is 7.17. The van der Waals surface area contributed by atoms with E-state index in [4.69, 9.17) is 0 Å². The van der Waals surface area contributed by atoms with Crippen LogP contribution in [0.2, 0.25) is 0 Å². The topological polar surface area (TPSA) is 40.7 Å². The van der Waals surface area contributed by atoms with Crippen LogP contribution in [0.25, 0.3) is 10.9 Å². The fourth-order valence-electron chi connectivity index (χ4n) is 3.79.